The molecule has 2 spiro atoms. The number of phenols is 1. The fraction of sp³-hybridized carbons (Fsp3) is 0.516. The first-order valence-corrected chi connectivity index (χ1v) is 14.0. The second-order valence-corrected chi connectivity index (χ2v) is 12.3. The molecule has 192 valence electrons. The van der Waals surface area contributed by atoms with Crippen LogP contribution in [0, 0.1) is 11.3 Å². The molecule has 9 rings (SSSR count). The molecular formula is C31H34N2O4. The van der Waals surface area contributed by atoms with Gasteiger partial charge in [0.15, 0.2) is 11.5 Å². The highest BCUT2D eigenvalue weighted by atomic mass is 16.5. The van der Waals surface area contributed by atoms with Crippen LogP contribution in [-0.2, 0) is 23.1 Å². The van der Waals surface area contributed by atoms with Gasteiger partial charge in [-0.1, -0.05) is 42.5 Å². The number of carbonyl (C=O) groups is 1. The summed E-state index contributed by atoms with van der Waals surface area (Å²) in [5.41, 5.74) is 1.94. The number of nitrogens with one attached hydrogen (secondary N) is 1. The predicted molar refractivity (Wildman–Crippen MR) is 138 cm³/mol. The molecule has 3 N–H and O–H groups in total. The number of likely N-dealkylation sites (tertiary alicyclic amines) is 1. The molecule has 1 amide bonds. The summed E-state index contributed by atoms with van der Waals surface area (Å²) < 4.78 is 6.58. The number of aliphatic hydroxyl groups is 1. The number of phenolic OH excluding ortho intramolecular Hbond substituents is 1. The van der Waals surface area contributed by atoms with Crippen LogP contribution >= 0.6 is 0 Å². The predicted octanol–water partition coefficient (Wildman–Crippen LogP) is 3.24. The second-order valence-electron chi connectivity index (χ2n) is 12.3. The van der Waals surface area contributed by atoms with Crippen molar-refractivity contribution in [2.45, 2.75) is 68.1 Å². The SMILES string of the molecule is O=C(NCCc1ccccc1)C1=C[C@@]23CC[C@]1(O)[C@@H]1Oc4c(O)ccc5c4[C@@]12CCN(CC1CC1)[C@@H]3C5. The fourth-order valence-corrected chi connectivity index (χ4v) is 8.88. The van der Waals surface area contributed by atoms with Gasteiger partial charge in [-0.25, -0.2) is 0 Å². The first-order valence-electron chi connectivity index (χ1n) is 14.0. The van der Waals surface area contributed by atoms with Gasteiger partial charge in [0.1, 0.15) is 11.7 Å². The van der Waals surface area contributed by atoms with E-state index in [1.54, 1.807) is 6.07 Å². The molecule has 0 aromatic heterocycles. The third-order valence-electron chi connectivity index (χ3n) is 10.6. The molecule has 0 radical (unpaired) electrons. The molecule has 2 aromatic rings. The Hall–Kier alpha value is -2.83. The van der Waals surface area contributed by atoms with Crippen LogP contribution in [-0.4, -0.2) is 58.4 Å². The standard InChI is InChI=1S/C31H34N2O4/c34-23-9-8-21-16-24-29-11-12-31(36,22(17-29)27(35)32-14-10-19-4-2-1-3-5-19)28-30(29,25(21)26(23)37-28)13-15-33(24)18-20-6-7-20/h1-5,8-9,17,20,24,28,34,36H,6-7,10-16,18H2,(H,32,35)/t24-,28-,29-,30+,31-/m1/s1. The number of nitrogens with zero attached hydrogens (tertiary/aromatic N) is 1. The highest BCUT2D eigenvalue weighted by Gasteiger charge is 2.78. The molecule has 6 heteroatoms. The van der Waals surface area contributed by atoms with E-state index in [-0.39, 0.29) is 23.1 Å². The molecule has 7 aliphatic rings. The maximum absolute atomic E-state index is 13.7. The Labute approximate surface area is 217 Å². The summed E-state index contributed by atoms with van der Waals surface area (Å²) in [6, 6.07) is 14.2. The Morgan fingerprint density at radius 1 is 1.11 bits per heavy atom. The maximum atomic E-state index is 13.7. The van der Waals surface area contributed by atoms with Crippen molar-refractivity contribution in [3.05, 3.63) is 70.8 Å². The molecule has 4 bridgehead atoms. The van der Waals surface area contributed by atoms with E-state index < -0.39 is 17.1 Å². The van der Waals surface area contributed by atoms with Crippen molar-refractivity contribution < 1.29 is 19.7 Å². The molecule has 5 aliphatic carbocycles. The first kappa shape index (κ1) is 22.2. The largest absolute Gasteiger partial charge is 0.504 e. The zero-order valence-electron chi connectivity index (χ0n) is 21.1. The number of rotatable bonds is 6. The minimum absolute atomic E-state index is 0.147. The number of piperidine rings is 1. The van der Waals surface area contributed by atoms with Gasteiger partial charge in [-0.05, 0) is 74.6 Å². The van der Waals surface area contributed by atoms with Gasteiger partial charge in [0, 0.05) is 35.7 Å². The number of fused-ring (bicyclic) bond motifs is 1. The minimum Gasteiger partial charge on any atom is -0.504 e. The molecular weight excluding hydrogens is 464 g/mol. The van der Waals surface area contributed by atoms with Crippen LogP contribution in [0.2, 0.25) is 0 Å². The van der Waals surface area contributed by atoms with Crippen LogP contribution in [0.3, 0.4) is 0 Å². The van der Waals surface area contributed by atoms with Crippen molar-refractivity contribution in [3.63, 3.8) is 0 Å². The van der Waals surface area contributed by atoms with Crippen molar-refractivity contribution >= 4 is 5.91 Å². The lowest BCUT2D eigenvalue weighted by Crippen LogP contribution is -2.78. The molecule has 37 heavy (non-hydrogen) atoms. The molecule has 6 nitrogen and oxygen atoms in total. The fourth-order valence-electron chi connectivity index (χ4n) is 8.88. The molecule has 5 atom stereocenters. The summed E-state index contributed by atoms with van der Waals surface area (Å²) in [7, 11) is 0. The van der Waals surface area contributed by atoms with Gasteiger partial charge in [-0.15, -0.1) is 0 Å². The number of benzene rings is 2. The smallest absolute Gasteiger partial charge is 0.249 e. The first-order chi connectivity index (χ1) is 18.0. The van der Waals surface area contributed by atoms with E-state index in [1.807, 2.05) is 18.2 Å². The van der Waals surface area contributed by atoms with Crippen molar-refractivity contribution in [1.82, 2.24) is 10.2 Å². The van der Waals surface area contributed by atoms with Crippen molar-refractivity contribution in [1.29, 1.82) is 0 Å². The van der Waals surface area contributed by atoms with Crippen molar-refractivity contribution in [3.8, 4) is 11.5 Å². The summed E-state index contributed by atoms with van der Waals surface area (Å²) >= 11 is 0. The molecule has 0 unspecified atom stereocenters. The number of amides is 1. The zero-order chi connectivity index (χ0) is 25.0. The molecule has 2 aromatic carbocycles. The number of hydrogen-bond acceptors (Lipinski definition) is 5. The normalized spacial score (nSPS) is 36.5. The van der Waals surface area contributed by atoms with E-state index in [2.05, 4.69) is 34.5 Å². The Balaban J connectivity index is 1.22. The average Bonchev–Trinajstić information content (AvgIpc) is 3.64. The second kappa shape index (κ2) is 7.39. The Morgan fingerprint density at radius 2 is 1.95 bits per heavy atom. The van der Waals surface area contributed by atoms with E-state index in [1.165, 1.54) is 24.0 Å². The summed E-state index contributed by atoms with van der Waals surface area (Å²) in [4.78, 5) is 16.4. The summed E-state index contributed by atoms with van der Waals surface area (Å²) in [6.45, 7) is 2.60. The highest BCUT2D eigenvalue weighted by Crippen LogP contribution is 2.74. The van der Waals surface area contributed by atoms with Gasteiger partial charge in [0.25, 0.3) is 0 Å². The van der Waals surface area contributed by atoms with Gasteiger partial charge in [0.05, 0.1) is 5.41 Å². The van der Waals surface area contributed by atoms with Gasteiger partial charge in [-0.3, -0.25) is 9.69 Å². The van der Waals surface area contributed by atoms with E-state index in [0.717, 1.165) is 50.3 Å². The number of ether oxygens (including phenoxy) is 1. The van der Waals surface area contributed by atoms with Gasteiger partial charge in [0.2, 0.25) is 5.91 Å². The van der Waals surface area contributed by atoms with Crippen LogP contribution in [0.25, 0.3) is 0 Å². The molecule has 3 fully saturated rings. The molecule has 2 heterocycles. The highest BCUT2D eigenvalue weighted by molar-refractivity contribution is 5.97. The van der Waals surface area contributed by atoms with E-state index in [0.29, 0.717) is 24.3 Å². The Bertz CT molecular complexity index is 1340. The van der Waals surface area contributed by atoms with Crippen LogP contribution in [0.15, 0.2) is 54.1 Å². The lowest BCUT2D eigenvalue weighted by molar-refractivity contribution is -0.186. The van der Waals surface area contributed by atoms with Crippen LogP contribution in [0.4, 0.5) is 0 Å². The van der Waals surface area contributed by atoms with E-state index in [9.17, 15) is 15.0 Å². The number of carbonyl (C=O) groups excluding carboxylic acids is 1. The van der Waals surface area contributed by atoms with Gasteiger partial charge < -0.3 is 20.3 Å². The number of aromatic hydroxyl groups is 1. The van der Waals surface area contributed by atoms with Crippen LogP contribution in [0.5, 0.6) is 11.5 Å². The third kappa shape index (κ3) is 2.75. The quantitative estimate of drug-likeness (QED) is 0.570. The van der Waals surface area contributed by atoms with Gasteiger partial charge in [-0.2, -0.15) is 0 Å². The van der Waals surface area contributed by atoms with Crippen molar-refractivity contribution in [2.24, 2.45) is 11.3 Å². The Kier molecular flexibility index (Phi) is 4.43. The number of hydrogen-bond donors (Lipinski definition) is 3. The lowest BCUT2D eigenvalue weighted by Gasteiger charge is -2.70. The molecule has 1 saturated heterocycles. The zero-order valence-corrected chi connectivity index (χ0v) is 21.1. The van der Waals surface area contributed by atoms with Crippen LogP contribution < -0.4 is 10.1 Å². The van der Waals surface area contributed by atoms with E-state index in [4.69, 9.17) is 4.74 Å². The maximum Gasteiger partial charge on any atom is 0.249 e. The van der Waals surface area contributed by atoms with E-state index >= 15 is 0 Å². The molecule has 2 aliphatic heterocycles. The minimum atomic E-state index is -1.37. The van der Waals surface area contributed by atoms with Gasteiger partial charge >= 0.3 is 0 Å². The summed E-state index contributed by atoms with van der Waals surface area (Å²) in [6.07, 6.45) is 8.12. The summed E-state index contributed by atoms with van der Waals surface area (Å²) in [5.74, 6) is 1.29. The van der Waals surface area contributed by atoms with Crippen LogP contribution in [0.1, 0.15) is 48.8 Å². The monoisotopic (exact) mass is 498 g/mol. The average molecular weight is 499 g/mol. The third-order valence-corrected chi connectivity index (χ3v) is 10.6. The topological polar surface area (TPSA) is 82.0 Å². The van der Waals surface area contributed by atoms with Crippen molar-refractivity contribution in [2.75, 3.05) is 19.6 Å². The lowest BCUT2D eigenvalue weighted by atomic mass is 9.38. The molecule has 2 saturated carbocycles. The Morgan fingerprint density at radius 3 is 2.76 bits per heavy atom. The summed E-state index contributed by atoms with van der Waals surface area (Å²) in [5, 5.41) is 26.3.